The molecule has 0 saturated heterocycles. The number of nitrogens with one attached hydrogen (secondary N) is 3. The van der Waals surface area contributed by atoms with Gasteiger partial charge in [-0.2, -0.15) is 0 Å². The van der Waals surface area contributed by atoms with Crippen LogP contribution < -0.4 is 21.7 Å². The molecule has 98 valence electrons. The molecule has 1 atom stereocenters. The van der Waals surface area contributed by atoms with Crippen LogP contribution in [0.1, 0.15) is 26.7 Å². The van der Waals surface area contributed by atoms with Crippen LogP contribution in [0, 0.1) is 0 Å². The highest BCUT2D eigenvalue weighted by Crippen LogP contribution is 1.88. The molecule has 0 bridgehead atoms. The first-order valence-corrected chi connectivity index (χ1v) is 5.57. The first-order valence-electron chi connectivity index (χ1n) is 5.57. The van der Waals surface area contributed by atoms with E-state index in [0.29, 0.717) is 19.5 Å². The van der Waals surface area contributed by atoms with Gasteiger partial charge in [-0.25, -0.2) is 4.79 Å². The number of imide groups is 1. The molecular weight excluding hydrogens is 224 g/mol. The summed E-state index contributed by atoms with van der Waals surface area (Å²) in [4.78, 5) is 32.9. The molecule has 17 heavy (non-hydrogen) atoms. The Morgan fingerprint density at radius 1 is 1.29 bits per heavy atom. The minimum atomic E-state index is -0.511. The van der Waals surface area contributed by atoms with E-state index in [1.165, 1.54) is 0 Å². The molecule has 0 rings (SSSR count). The van der Waals surface area contributed by atoms with Gasteiger partial charge in [0.25, 0.3) is 0 Å². The Balaban J connectivity index is 3.74. The van der Waals surface area contributed by atoms with Crippen LogP contribution in [0.4, 0.5) is 4.79 Å². The van der Waals surface area contributed by atoms with Crippen molar-refractivity contribution < 1.29 is 14.4 Å². The van der Waals surface area contributed by atoms with E-state index in [2.05, 4.69) is 16.0 Å². The molecule has 0 aliphatic carbocycles. The van der Waals surface area contributed by atoms with Crippen molar-refractivity contribution in [3.63, 3.8) is 0 Å². The molecule has 4 amide bonds. The number of amides is 4. The maximum Gasteiger partial charge on any atom is 0.321 e. The number of hydrogen-bond donors (Lipinski definition) is 4. The van der Waals surface area contributed by atoms with Gasteiger partial charge in [0.15, 0.2) is 0 Å². The highest BCUT2D eigenvalue weighted by molar-refractivity contribution is 5.96. The van der Waals surface area contributed by atoms with E-state index in [4.69, 9.17) is 5.73 Å². The fraction of sp³-hybridized carbons (Fsp3) is 0.700. The molecule has 1 unspecified atom stereocenters. The zero-order valence-corrected chi connectivity index (χ0v) is 10.2. The van der Waals surface area contributed by atoms with Gasteiger partial charge in [0.2, 0.25) is 11.8 Å². The maximum atomic E-state index is 11.4. The Kier molecular flexibility index (Phi) is 7.70. The number of carbonyl (C=O) groups is 3. The summed E-state index contributed by atoms with van der Waals surface area (Å²) in [7, 11) is 0. The van der Waals surface area contributed by atoms with Gasteiger partial charge in [-0.1, -0.05) is 0 Å². The van der Waals surface area contributed by atoms with Gasteiger partial charge in [0, 0.05) is 13.0 Å². The summed E-state index contributed by atoms with van der Waals surface area (Å²) in [5, 5.41) is 7.53. The summed E-state index contributed by atoms with van der Waals surface area (Å²) in [6.07, 6.45) is 0.839. The lowest BCUT2D eigenvalue weighted by molar-refractivity contribution is -0.121. The van der Waals surface area contributed by atoms with Crippen molar-refractivity contribution in [1.82, 2.24) is 16.0 Å². The van der Waals surface area contributed by atoms with E-state index in [1.807, 2.05) is 0 Å². The molecule has 0 aliphatic heterocycles. The van der Waals surface area contributed by atoms with Crippen molar-refractivity contribution in [3.05, 3.63) is 0 Å². The predicted molar refractivity (Wildman–Crippen MR) is 63.1 cm³/mol. The second-order valence-electron chi connectivity index (χ2n) is 3.59. The number of urea groups is 1. The predicted octanol–water partition coefficient (Wildman–Crippen LogP) is -0.924. The lowest BCUT2D eigenvalue weighted by Gasteiger charge is -2.13. The van der Waals surface area contributed by atoms with Crippen molar-refractivity contribution >= 4 is 17.8 Å². The molecule has 0 aromatic carbocycles. The van der Waals surface area contributed by atoms with Crippen LogP contribution in [0.5, 0.6) is 0 Å². The van der Waals surface area contributed by atoms with Crippen LogP contribution in [-0.2, 0) is 9.59 Å². The van der Waals surface area contributed by atoms with Gasteiger partial charge in [-0.05, 0) is 26.8 Å². The number of primary amides is 1. The molecule has 0 aromatic heterocycles. The van der Waals surface area contributed by atoms with E-state index >= 15 is 0 Å². The number of nitrogens with two attached hydrogens (primary N) is 1. The Hall–Kier alpha value is -1.63. The average Bonchev–Trinajstić information content (AvgIpc) is 2.23. The lowest BCUT2D eigenvalue weighted by Crippen LogP contribution is -2.48. The Morgan fingerprint density at radius 3 is 2.47 bits per heavy atom. The van der Waals surface area contributed by atoms with Crippen LogP contribution in [0.25, 0.3) is 0 Å². The number of rotatable bonds is 7. The lowest BCUT2D eigenvalue weighted by atomic mass is 10.2. The highest BCUT2D eigenvalue weighted by Gasteiger charge is 2.14. The highest BCUT2D eigenvalue weighted by atomic mass is 16.2. The van der Waals surface area contributed by atoms with Crippen LogP contribution in [0.3, 0.4) is 0 Å². The summed E-state index contributed by atoms with van der Waals surface area (Å²) >= 11 is 0. The van der Waals surface area contributed by atoms with Crippen molar-refractivity contribution in [1.29, 1.82) is 0 Å². The number of carbonyl (C=O) groups excluding carboxylic acids is 3. The van der Waals surface area contributed by atoms with Crippen molar-refractivity contribution in [2.75, 3.05) is 13.1 Å². The normalized spacial score (nSPS) is 11.6. The topological polar surface area (TPSA) is 113 Å². The molecule has 0 saturated carbocycles. The second kappa shape index (κ2) is 8.51. The second-order valence-corrected chi connectivity index (χ2v) is 3.59. The summed E-state index contributed by atoms with van der Waals surface area (Å²) in [5.41, 5.74) is 4.97. The Morgan fingerprint density at radius 2 is 1.94 bits per heavy atom. The zero-order chi connectivity index (χ0) is 13.3. The fourth-order valence-corrected chi connectivity index (χ4v) is 1.10. The third-order valence-corrected chi connectivity index (χ3v) is 2.02. The molecular formula is C10H20N4O3. The first kappa shape index (κ1) is 15.4. The standard InChI is InChI=1S/C10H20N4O3/c1-3-12-10(17)14-9(16)7(2)13-6-4-5-8(11)15/h7,13H,3-6H2,1-2H3,(H2,11,15)(H2,12,14,16,17). The smallest absolute Gasteiger partial charge is 0.321 e. The summed E-state index contributed by atoms with van der Waals surface area (Å²) in [6.45, 7) is 4.35. The molecule has 7 nitrogen and oxygen atoms in total. The molecule has 0 spiro atoms. The zero-order valence-electron chi connectivity index (χ0n) is 10.2. The van der Waals surface area contributed by atoms with Crippen LogP contribution in [-0.4, -0.2) is 37.0 Å². The van der Waals surface area contributed by atoms with E-state index < -0.39 is 18.0 Å². The van der Waals surface area contributed by atoms with Crippen molar-refractivity contribution in [2.45, 2.75) is 32.7 Å². The van der Waals surface area contributed by atoms with E-state index in [1.54, 1.807) is 13.8 Å². The van der Waals surface area contributed by atoms with Gasteiger partial charge in [0.05, 0.1) is 6.04 Å². The maximum absolute atomic E-state index is 11.4. The molecule has 0 radical (unpaired) electrons. The van der Waals surface area contributed by atoms with Gasteiger partial charge in [-0.15, -0.1) is 0 Å². The van der Waals surface area contributed by atoms with Crippen molar-refractivity contribution in [3.8, 4) is 0 Å². The van der Waals surface area contributed by atoms with Gasteiger partial charge in [0.1, 0.15) is 0 Å². The molecule has 0 heterocycles. The monoisotopic (exact) mass is 244 g/mol. The third-order valence-electron chi connectivity index (χ3n) is 2.02. The molecule has 5 N–H and O–H groups in total. The summed E-state index contributed by atoms with van der Waals surface area (Å²) in [6, 6.07) is -1.01. The van der Waals surface area contributed by atoms with E-state index in [-0.39, 0.29) is 12.3 Å². The summed E-state index contributed by atoms with van der Waals surface area (Å²) in [5.74, 6) is -0.777. The SMILES string of the molecule is CCNC(=O)NC(=O)C(C)NCCCC(N)=O. The Bertz CT molecular complexity index is 281. The largest absolute Gasteiger partial charge is 0.370 e. The third kappa shape index (κ3) is 8.21. The molecule has 0 aliphatic rings. The summed E-state index contributed by atoms with van der Waals surface area (Å²) < 4.78 is 0. The van der Waals surface area contributed by atoms with Crippen LogP contribution in [0.2, 0.25) is 0 Å². The molecule has 0 aromatic rings. The first-order chi connectivity index (χ1) is 7.97. The number of hydrogen-bond acceptors (Lipinski definition) is 4. The molecule has 7 heteroatoms. The molecule has 0 fully saturated rings. The van der Waals surface area contributed by atoms with Gasteiger partial charge >= 0.3 is 6.03 Å². The quantitative estimate of drug-likeness (QED) is 0.433. The van der Waals surface area contributed by atoms with Gasteiger partial charge in [-0.3, -0.25) is 14.9 Å². The van der Waals surface area contributed by atoms with E-state index in [9.17, 15) is 14.4 Å². The van der Waals surface area contributed by atoms with Crippen LogP contribution >= 0.6 is 0 Å². The Labute approximate surface area is 100 Å². The minimum Gasteiger partial charge on any atom is -0.370 e. The van der Waals surface area contributed by atoms with Crippen LogP contribution in [0.15, 0.2) is 0 Å². The minimum absolute atomic E-state index is 0.275. The fourth-order valence-electron chi connectivity index (χ4n) is 1.10. The van der Waals surface area contributed by atoms with Gasteiger partial charge < -0.3 is 16.4 Å². The van der Waals surface area contributed by atoms with E-state index in [0.717, 1.165) is 0 Å². The van der Waals surface area contributed by atoms with Crippen molar-refractivity contribution in [2.24, 2.45) is 5.73 Å². The average molecular weight is 244 g/mol.